The molecule has 0 heterocycles. The Hall–Kier alpha value is -1.17. The van der Waals surface area contributed by atoms with Gasteiger partial charge in [-0.15, -0.1) is 0 Å². The zero-order valence-corrected chi connectivity index (χ0v) is 10.2. The number of rotatable bonds is 4. The van der Waals surface area contributed by atoms with E-state index < -0.39 is 0 Å². The van der Waals surface area contributed by atoms with E-state index in [1.54, 1.807) is 0 Å². The zero-order chi connectivity index (χ0) is 11.2. The molecule has 2 rings (SSSR count). The molecule has 0 spiro atoms. The first-order chi connectivity index (χ1) is 7.92. The van der Waals surface area contributed by atoms with Crippen molar-refractivity contribution in [2.75, 3.05) is 12.7 Å². The Labute approximate surface area is 98.1 Å². The molecule has 0 saturated carbocycles. The van der Waals surface area contributed by atoms with Crippen LogP contribution in [-0.2, 0) is 0 Å². The molecule has 0 aliphatic rings. The molecule has 1 nitrogen and oxygen atoms in total. The summed E-state index contributed by atoms with van der Waals surface area (Å²) < 4.78 is 0. The molecule has 0 radical (unpaired) electrons. The SMILES string of the molecule is [NH3+]CCP(c1ccccc1)c1ccccc1. The maximum absolute atomic E-state index is 3.99. The predicted octanol–water partition coefficient (Wildman–Crippen LogP) is 1.36. The minimum atomic E-state index is -0.213. The second-order valence-corrected chi connectivity index (χ2v) is 6.01. The summed E-state index contributed by atoms with van der Waals surface area (Å²) in [6, 6.07) is 21.6. The first kappa shape index (κ1) is 11.3. The van der Waals surface area contributed by atoms with Gasteiger partial charge in [0.2, 0.25) is 0 Å². The number of benzene rings is 2. The summed E-state index contributed by atoms with van der Waals surface area (Å²) in [6.45, 7) is 0.996. The van der Waals surface area contributed by atoms with Crippen LogP contribution in [-0.4, -0.2) is 12.7 Å². The lowest BCUT2D eigenvalue weighted by Crippen LogP contribution is -2.52. The first-order valence-corrected chi connectivity index (χ1v) is 7.11. The molecule has 0 aliphatic carbocycles. The zero-order valence-electron chi connectivity index (χ0n) is 9.34. The summed E-state index contributed by atoms with van der Waals surface area (Å²) in [5.74, 6) is 0. The molecule has 3 N–H and O–H groups in total. The molecule has 82 valence electrons. The largest absolute Gasteiger partial charge is 0.357 e. The highest BCUT2D eigenvalue weighted by Crippen LogP contribution is 2.31. The van der Waals surface area contributed by atoms with Gasteiger partial charge in [-0.05, 0) is 18.5 Å². The van der Waals surface area contributed by atoms with Gasteiger partial charge in [0, 0.05) is 6.16 Å². The van der Waals surface area contributed by atoms with Gasteiger partial charge in [0.05, 0.1) is 6.54 Å². The van der Waals surface area contributed by atoms with Crippen molar-refractivity contribution in [2.45, 2.75) is 0 Å². The summed E-state index contributed by atoms with van der Waals surface area (Å²) in [4.78, 5) is 0. The van der Waals surface area contributed by atoms with Gasteiger partial charge < -0.3 is 5.73 Å². The minimum Gasteiger partial charge on any atom is -0.357 e. The number of hydrogen-bond acceptors (Lipinski definition) is 0. The van der Waals surface area contributed by atoms with E-state index >= 15 is 0 Å². The average Bonchev–Trinajstić information content (AvgIpc) is 2.38. The highest BCUT2D eigenvalue weighted by molar-refractivity contribution is 7.73. The summed E-state index contributed by atoms with van der Waals surface area (Å²) >= 11 is 0. The third-order valence-corrected chi connectivity index (χ3v) is 5.12. The quantitative estimate of drug-likeness (QED) is 0.768. The van der Waals surface area contributed by atoms with Gasteiger partial charge >= 0.3 is 0 Å². The highest BCUT2D eigenvalue weighted by Gasteiger charge is 2.12. The fourth-order valence-corrected chi connectivity index (χ4v) is 3.98. The van der Waals surface area contributed by atoms with E-state index in [9.17, 15) is 0 Å². The summed E-state index contributed by atoms with van der Waals surface area (Å²) in [5.41, 5.74) is 3.99. The van der Waals surface area contributed by atoms with Gasteiger partial charge in [-0.2, -0.15) is 0 Å². The van der Waals surface area contributed by atoms with Gasteiger partial charge in [0.15, 0.2) is 0 Å². The molecule has 16 heavy (non-hydrogen) atoms. The Morgan fingerprint density at radius 3 is 1.56 bits per heavy atom. The van der Waals surface area contributed by atoms with Crippen LogP contribution >= 0.6 is 7.92 Å². The van der Waals surface area contributed by atoms with Gasteiger partial charge in [-0.1, -0.05) is 60.7 Å². The van der Waals surface area contributed by atoms with Crippen molar-refractivity contribution in [3.63, 3.8) is 0 Å². The molecule has 0 atom stereocenters. The fraction of sp³-hybridized carbons (Fsp3) is 0.143. The van der Waals surface area contributed by atoms with Crippen molar-refractivity contribution in [3.05, 3.63) is 60.7 Å². The van der Waals surface area contributed by atoms with Crippen molar-refractivity contribution >= 4 is 18.5 Å². The lowest BCUT2D eigenvalue weighted by atomic mass is 10.4. The van der Waals surface area contributed by atoms with E-state index in [1.807, 2.05) is 0 Å². The number of quaternary nitrogens is 1. The Bertz CT molecular complexity index is 374. The third kappa shape index (κ3) is 2.69. The third-order valence-electron chi connectivity index (χ3n) is 2.52. The maximum atomic E-state index is 3.99. The van der Waals surface area contributed by atoms with Crippen LogP contribution in [0.15, 0.2) is 60.7 Å². The smallest absolute Gasteiger partial charge is 0.0785 e. The Morgan fingerprint density at radius 1 is 0.750 bits per heavy atom. The van der Waals surface area contributed by atoms with Gasteiger partial charge in [-0.25, -0.2) is 0 Å². The van der Waals surface area contributed by atoms with Crippen LogP contribution in [0.3, 0.4) is 0 Å². The Balaban J connectivity index is 2.31. The van der Waals surface area contributed by atoms with E-state index in [4.69, 9.17) is 0 Å². The lowest BCUT2D eigenvalue weighted by Gasteiger charge is -2.16. The van der Waals surface area contributed by atoms with Crippen LogP contribution in [0.5, 0.6) is 0 Å². The van der Waals surface area contributed by atoms with E-state index in [2.05, 4.69) is 66.4 Å². The van der Waals surface area contributed by atoms with E-state index in [0.29, 0.717) is 0 Å². The summed E-state index contributed by atoms with van der Waals surface area (Å²) in [7, 11) is -0.213. The normalized spacial score (nSPS) is 10.6. The van der Waals surface area contributed by atoms with E-state index in [0.717, 1.165) is 6.54 Å². The van der Waals surface area contributed by atoms with Crippen molar-refractivity contribution in [1.29, 1.82) is 0 Å². The predicted molar refractivity (Wildman–Crippen MR) is 71.7 cm³/mol. The monoisotopic (exact) mass is 230 g/mol. The van der Waals surface area contributed by atoms with Crippen LogP contribution in [0, 0.1) is 0 Å². The lowest BCUT2D eigenvalue weighted by molar-refractivity contribution is -0.360. The highest BCUT2D eigenvalue weighted by atomic mass is 31.1. The molecular weight excluding hydrogens is 213 g/mol. The molecule has 0 bridgehead atoms. The molecule has 2 aromatic rings. The van der Waals surface area contributed by atoms with Crippen LogP contribution in [0.4, 0.5) is 0 Å². The Morgan fingerprint density at radius 2 is 1.19 bits per heavy atom. The Kier molecular flexibility index (Phi) is 4.10. The van der Waals surface area contributed by atoms with Gasteiger partial charge in [0.25, 0.3) is 0 Å². The molecule has 0 amide bonds. The topological polar surface area (TPSA) is 27.6 Å². The summed E-state index contributed by atoms with van der Waals surface area (Å²) in [5, 5.41) is 2.90. The first-order valence-electron chi connectivity index (χ1n) is 5.58. The van der Waals surface area contributed by atoms with Gasteiger partial charge in [-0.3, -0.25) is 0 Å². The fourth-order valence-electron chi connectivity index (χ4n) is 1.78. The molecule has 2 aromatic carbocycles. The van der Waals surface area contributed by atoms with Gasteiger partial charge in [0.1, 0.15) is 0 Å². The standard InChI is InChI=1S/C14H16NP/c15-11-12-16(13-7-3-1-4-8-13)14-9-5-2-6-10-14/h1-10H,11-12,15H2/p+1. The van der Waals surface area contributed by atoms with Crippen molar-refractivity contribution in [2.24, 2.45) is 0 Å². The molecule has 0 fully saturated rings. The van der Waals surface area contributed by atoms with Crippen LogP contribution in [0.2, 0.25) is 0 Å². The van der Waals surface area contributed by atoms with Crippen LogP contribution in [0.1, 0.15) is 0 Å². The molecular formula is C14H17NP+. The van der Waals surface area contributed by atoms with Crippen molar-refractivity contribution < 1.29 is 5.73 Å². The van der Waals surface area contributed by atoms with Crippen LogP contribution in [0.25, 0.3) is 0 Å². The maximum Gasteiger partial charge on any atom is 0.0785 e. The minimum absolute atomic E-state index is 0.213. The molecule has 0 aliphatic heterocycles. The molecule has 2 heteroatoms. The molecule has 0 saturated heterocycles. The van der Waals surface area contributed by atoms with Crippen molar-refractivity contribution in [1.82, 2.24) is 0 Å². The molecule has 0 aromatic heterocycles. The van der Waals surface area contributed by atoms with E-state index in [-0.39, 0.29) is 7.92 Å². The summed E-state index contributed by atoms with van der Waals surface area (Å²) in [6.07, 6.45) is 1.17. The number of hydrogen-bond donors (Lipinski definition) is 1. The van der Waals surface area contributed by atoms with Crippen molar-refractivity contribution in [3.8, 4) is 0 Å². The van der Waals surface area contributed by atoms with E-state index in [1.165, 1.54) is 16.8 Å². The second-order valence-electron chi connectivity index (χ2n) is 3.68. The van der Waals surface area contributed by atoms with Crippen LogP contribution < -0.4 is 16.3 Å². The average molecular weight is 230 g/mol. The second kappa shape index (κ2) is 5.79. The molecule has 0 unspecified atom stereocenters.